The van der Waals surface area contributed by atoms with E-state index in [-0.39, 0.29) is 32.4 Å². The molecule has 28 heavy (non-hydrogen) atoms. The molecule has 7 heteroatoms. The van der Waals surface area contributed by atoms with Gasteiger partial charge < -0.3 is 14.2 Å². The van der Waals surface area contributed by atoms with E-state index in [1.807, 2.05) is 37.3 Å². The standard InChI is InChI=1S/C21H31NO6/c1-5-18(21(25)28-16(4)13-17-11-9-8-10-12-17)22(14-19(23)26-6-2)15-20(24)27-7-3/h8-12,16,18H,5-7,13-15H2,1-4H3. The van der Waals surface area contributed by atoms with Gasteiger partial charge in [-0.2, -0.15) is 0 Å². The van der Waals surface area contributed by atoms with Crippen LogP contribution in [0.2, 0.25) is 0 Å². The van der Waals surface area contributed by atoms with Gasteiger partial charge in [0.25, 0.3) is 0 Å². The molecule has 156 valence electrons. The number of hydrogen-bond acceptors (Lipinski definition) is 7. The number of carbonyl (C=O) groups excluding carboxylic acids is 3. The van der Waals surface area contributed by atoms with Crippen molar-refractivity contribution in [3.8, 4) is 0 Å². The van der Waals surface area contributed by atoms with Gasteiger partial charge in [0, 0.05) is 6.42 Å². The van der Waals surface area contributed by atoms with Gasteiger partial charge in [-0.1, -0.05) is 37.3 Å². The lowest BCUT2D eigenvalue weighted by Gasteiger charge is -2.28. The molecule has 0 fully saturated rings. The Balaban J connectivity index is 2.80. The van der Waals surface area contributed by atoms with Gasteiger partial charge in [-0.05, 0) is 32.8 Å². The molecular formula is C21H31NO6. The third kappa shape index (κ3) is 8.52. The summed E-state index contributed by atoms with van der Waals surface area (Å²) in [4.78, 5) is 38.0. The van der Waals surface area contributed by atoms with Gasteiger partial charge in [0.15, 0.2) is 0 Å². The fraction of sp³-hybridized carbons (Fsp3) is 0.571. The summed E-state index contributed by atoms with van der Waals surface area (Å²) in [6.07, 6.45) is 0.630. The van der Waals surface area contributed by atoms with E-state index >= 15 is 0 Å². The van der Waals surface area contributed by atoms with Crippen LogP contribution in [0.3, 0.4) is 0 Å². The molecule has 0 amide bonds. The summed E-state index contributed by atoms with van der Waals surface area (Å²) in [5.74, 6) is -1.48. The van der Waals surface area contributed by atoms with Crippen molar-refractivity contribution in [2.24, 2.45) is 0 Å². The minimum Gasteiger partial charge on any atom is -0.465 e. The van der Waals surface area contributed by atoms with Crippen molar-refractivity contribution >= 4 is 17.9 Å². The van der Waals surface area contributed by atoms with Crippen molar-refractivity contribution < 1.29 is 28.6 Å². The molecule has 0 heterocycles. The quantitative estimate of drug-likeness (QED) is 0.398. The molecule has 1 aromatic rings. The van der Waals surface area contributed by atoms with Crippen LogP contribution in [0.25, 0.3) is 0 Å². The Hall–Kier alpha value is -2.41. The molecule has 0 aliphatic rings. The maximum Gasteiger partial charge on any atom is 0.323 e. The summed E-state index contributed by atoms with van der Waals surface area (Å²) < 4.78 is 15.5. The second-order valence-corrected chi connectivity index (χ2v) is 6.38. The zero-order chi connectivity index (χ0) is 20.9. The van der Waals surface area contributed by atoms with Crippen LogP contribution >= 0.6 is 0 Å². The SMILES string of the molecule is CCOC(=O)CN(CC(=O)OCC)C(CC)C(=O)OC(C)Cc1ccccc1. The fourth-order valence-electron chi connectivity index (χ4n) is 2.86. The monoisotopic (exact) mass is 393 g/mol. The van der Waals surface area contributed by atoms with Gasteiger partial charge in [-0.15, -0.1) is 0 Å². The second kappa shape index (κ2) is 12.9. The van der Waals surface area contributed by atoms with Gasteiger partial charge in [0.05, 0.1) is 26.3 Å². The average Bonchev–Trinajstić information content (AvgIpc) is 2.63. The lowest BCUT2D eigenvalue weighted by atomic mass is 10.1. The Morgan fingerprint density at radius 3 is 1.93 bits per heavy atom. The van der Waals surface area contributed by atoms with E-state index in [1.165, 1.54) is 4.90 Å². The molecule has 0 spiro atoms. The average molecular weight is 393 g/mol. The van der Waals surface area contributed by atoms with Crippen molar-refractivity contribution in [2.45, 2.75) is 52.7 Å². The fourth-order valence-corrected chi connectivity index (χ4v) is 2.86. The third-order valence-electron chi connectivity index (χ3n) is 4.06. The maximum atomic E-state index is 12.7. The molecule has 0 saturated heterocycles. The van der Waals surface area contributed by atoms with Gasteiger partial charge in [0.1, 0.15) is 12.1 Å². The molecule has 0 saturated carbocycles. The Bertz CT molecular complexity index is 599. The zero-order valence-electron chi connectivity index (χ0n) is 17.2. The summed E-state index contributed by atoms with van der Waals surface area (Å²) in [5.41, 5.74) is 1.06. The highest BCUT2D eigenvalue weighted by molar-refractivity contribution is 5.80. The number of benzene rings is 1. The first-order chi connectivity index (χ1) is 13.4. The van der Waals surface area contributed by atoms with E-state index in [2.05, 4.69) is 0 Å². The predicted octanol–water partition coefficient (Wildman–Crippen LogP) is 2.37. The number of nitrogens with zero attached hydrogens (tertiary/aromatic N) is 1. The minimum absolute atomic E-state index is 0.187. The summed E-state index contributed by atoms with van der Waals surface area (Å²) >= 11 is 0. The van der Waals surface area contributed by atoms with E-state index < -0.39 is 23.9 Å². The minimum atomic E-state index is -0.743. The molecule has 1 aromatic carbocycles. The first-order valence-corrected chi connectivity index (χ1v) is 9.70. The lowest BCUT2D eigenvalue weighted by Crippen LogP contribution is -2.48. The first-order valence-electron chi connectivity index (χ1n) is 9.70. The van der Waals surface area contributed by atoms with E-state index in [9.17, 15) is 14.4 Å². The first kappa shape index (κ1) is 23.6. The van der Waals surface area contributed by atoms with E-state index in [0.29, 0.717) is 12.8 Å². The topological polar surface area (TPSA) is 82.1 Å². The molecule has 7 nitrogen and oxygen atoms in total. The van der Waals surface area contributed by atoms with Crippen LogP contribution in [-0.2, 0) is 35.0 Å². The van der Waals surface area contributed by atoms with Crippen molar-refractivity contribution in [3.05, 3.63) is 35.9 Å². The van der Waals surface area contributed by atoms with Gasteiger partial charge >= 0.3 is 17.9 Å². The highest BCUT2D eigenvalue weighted by Gasteiger charge is 2.30. The van der Waals surface area contributed by atoms with E-state index in [0.717, 1.165) is 5.56 Å². The third-order valence-corrected chi connectivity index (χ3v) is 4.06. The number of ether oxygens (including phenoxy) is 3. The summed E-state index contributed by atoms with van der Waals surface area (Å²) in [5, 5.41) is 0. The Morgan fingerprint density at radius 1 is 0.929 bits per heavy atom. The molecule has 1 rings (SSSR count). The number of rotatable bonds is 12. The van der Waals surface area contributed by atoms with Crippen molar-refractivity contribution in [1.29, 1.82) is 0 Å². The highest BCUT2D eigenvalue weighted by Crippen LogP contribution is 2.12. The van der Waals surface area contributed by atoms with Crippen LogP contribution < -0.4 is 0 Å². The van der Waals surface area contributed by atoms with Crippen LogP contribution in [0.1, 0.15) is 39.7 Å². The summed E-state index contributed by atoms with van der Waals surface area (Å²) in [6, 6.07) is 8.98. The van der Waals surface area contributed by atoms with Crippen molar-refractivity contribution in [2.75, 3.05) is 26.3 Å². The molecule has 0 N–H and O–H groups in total. The number of esters is 3. The van der Waals surface area contributed by atoms with E-state index in [4.69, 9.17) is 14.2 Å². The largest absolute Gasteiger partial charge is 0.465 e. The lowest BCUT2D eigenvalue weighted by molar-refractivity contribution is -0.159. The molecule has 0 aliphatic heterocycles. The zero-order valence-corrected chi connectivity index (χ0v) is 17.2. The predicted molar refractivity (Wildman–Crippen MR) is 105 cm³/mol. The van der Waals surface area contributed by atoms with Gasteiger partial charge in [0.2, 0.25) is 0 Å². The van der Waals surface area contributed by atoms with E-state index in [1.54, 1.807) is 20.8 Å². The Kier molecular flexibility index (Phi) is 10.9. The highest BCUT2D eigenvalue weighted by atomic mass is 16.5. The molecule has 0 aliphatic carbocycles. The van der Waals surface area contributed by atoms with Crippen LogP contribution in [0.15, 0.2) is 30.3 Å². The van der Waals surface area contributed by atoms with Crippen molar-refractivity contribution in [3.63, 3.8) is 0 Å². The van der Waals surface area contributed by atoms with Crippen molar-refractivity contribution in [1.82, 2.24) is 4.90 Å². The van der Waals surface area contributed by atoms with Crippen LogP contribution in [0.4, 0.5) is 0 Å². The molecule has 0 bridgehead atoms. The van der Waals surface area contributed by atoms with Crippen LogP contribution in [-0.4, -0.2) is 61.3 Å². The Morgan fingerprint density at radius 2 is 1.46 bits per heavy atom. The molecule has 2 atom stereocenters. The van der Waals surface area contributed by atoms with Gasteiger partial charge in [-0.25, -0.2) is 0 Å². The molecule has 0 radical (unpaired) electrons. The smallest absolute Gasteiger partial charge is 0.323 e. The molecule has 2 unspecified atom stereocenters. The maximum absolute atomic E-state index is 12.7. The normalized spacial score (nSPS) is 12.9. The molecular weight excluding hydrogens is 362 g/mol. The number of hydrogen-bond donors (Lipinski definition) is 0. The van der Waals surface area contributed by atoms with Gasteiger partial charge in [-0.3, -0.25) is 19.3 Å². The molecule has 0 aromatic heterocycles. The van der Waals surface area contributed by atoms with Crippen LogP contribution in [0, 0.1) is 0 Å². The summed E-state index contributed by atoms with van der Waals surface area (Å²) in [7, 11) is 0. The van der Waals surface area contributed by atoms with Crippen LogP contribution in [0.5, 0.6) is 0 Å². The summed E-state index contributed by atoms with van der Waals surface area (Å²) in [6.45, 7) is 7.09. The second-order valence-electron chi connectivity index (χ2n) is 6.38. The number of carbonyl (C=O) groups is 3. The Labute approximate surface area is 166 Å².